The van der Waals surface area contributed by atoms with Crippen molar-refractivity contribution in [1.29, 1.82) is 0 Å². The SMILES string of the molecule is COc1ccc(NC(N)=NCc2ncc(C)c(OC)c2C)cc1Cl. The molecule has 1 aromatic heterocycles. The van der Waals surface area contributed by atoms with Crippen LogP contribution in [0.25, 0.3) is 0 Å². The third kappa shape index (κ3) is 4.08. The van der Waals surface area contributed by atoms with E-state index in [0.29, 0.717) is 17.3 Å². The molecular formula is C17H21ClN4O2. The molecule has 24 heavy (non-hydrogen) atoms. The van der Waals surface area contributed by atoms with E-state index in [2.05, 4.69) is 15.3 Å². The van der Waals surface area contributed by atoms with Gasteiger partial charge in [-0.3, -0.25) is 4.98 Å². The van der Waals surface area contributed by atoms with E-state index in [4.69, 9.17) is 26.8 Å². The van der Waals surface area contributed by atoms with Crippen LogP contribution >= 0.6 is 11.6 Å². The van der Waals surface area contributed by atoms with Gasteiger partial charge in [0.15, 0.2) is 5.96 Å². The summed E-state index contributed by atoms with van der Waals surface area (Å²) in [6, 6.07) is 5.29. The lowest BCUT2D eigenvalue weighted by molar-refractivity contribution is 0.407. The van der Waals surface area contributed by atoms with E-state index in [0.717, 1.165) is 28.3 Å². The minimum atomic E-state index is 0.275. The Kier molecular flexibility index (Phi) is 5.87. The number of rotatable bonds is 5. The number of guanidine groups is 1. The normalized spacial score (nSPS) is 11.3. The summed E-state index contributed by atoms with van der Waals surface area (Å²) < 4.78 is 10.5. The first-order valence-corrected chi connectivity index (χ1v) is 7.73. The van der Waals surface area contributed by atoms with Crippen LogP contribution in [0.5, 0.6) is 11.5 Å². The Bertz CT molecular complexity index is 762. The van der Waals surface area contributed by atoms with Gasteiger partial charge in [0.2, 0.25) is 0 Å². The molecule has 1 aromatic carbocycles. The van der Waals surface area contributed by atoms with Crippen molar-refractivity contribution < 1.29 is 9.47 Å². The highest BCUT2D eigenvalue weighted by Gasteiger charge is 2.09. The van der Waals surface area contributed by atoms with Crippen molar-refractivity contribution in [1.82, 2.24) is 4.98 Å². The van der Waals surface area contributed by atoms with Crippen molar-refractivity contribution in [3.63, 3.8) is 0 Å². The lowest BCUT2D eigenvalue weighted by Crippen LogP contribution is -2.22. The maximum atomic E-state index is 6.09. The van der Waals surface area contributed by atoms with Gasteiger partial charge in [0.05, 0.1) is 31.5 Å². The Balaban J connectivity index is 2.11. The number of aliphatic imine (C=N–C) groups is 1. The van der Waals surface area contributed by atoms with E-state index in [9.17, 15) is 0 Å². The third-order valence-electron chi connectivity index (χ3n) is 3.57. The molecule has 128 valence electrons. The Morgan fingerprint density at radius 2 is 2.04 bits per heavy atom. The van der Waals surface area contributed by atoms with Crippen LogP contribution in [-0.4, -0.2) is 25.2 Å². The zero-order chi connectivity index (χ0) is 17.7. The van der Waals surface area contributed by atoms with Gasteiger partial charge in [0, 0.05) is 23.0 Å². The maximum absolute atomic E-state index is 6.09. The van der Waals surface area contributed by atoms with E-state index in [-0.39, 0.29) is 5.96 Å². The highest BCUT2D eigenvalue weighted by molar-refractivity contribution is 6.32. The predicted octanol–water partition coefficient (Wildman–Crippen LogP) is 3.30. The number of nitrogens with two attached hydrogens (primary N) is 1. The van der Waals surface area contributed by atoms with Crippen LogP contribution in [-0.2, 0) is 6.54 Å². The number of ether oxygens (including phenoxy) is 2. The van der Waals surface area contributed by atoms with E-state index in [1.165, 1.54) is 0 Å². The number of nitrogens with zero attached hydrogens (tertiary/aromatic N) is 2. The number of benzene rings is 1. The van der Waals surface area contributed by atoms with Gasteiger partial charge in [0.25, 0.3) is 0 Å². The van der Waals surface area contributed by atoms with Crippen molar-refractivity contribution in [2.75, 3.05) is 19.5 Å². The summed E-state index contributed by atoms with van der Waals surface area (Å²) in [4.78, 5) is 8.71. The fourth-order valence-corrected chi connectivity index (χ4v) is 2.58. The number of methoxy groups -OCH3 is 2. The maximum Gasteiger partial charge on any atom is 0.193 e. The number of aryl methyl sites for hydroxylation is 1. The number of anilines is 1. The van der Waals surface area contributed by atoms with Crippen LogP contribution in [0.4, 0.5) is 5.69 Å². The van der Waals surface area contributed by atoms with E-state index in [1.54, 1.807) is 32.5 Å². The Labute approximate surface area is 146 Å². The van der Waals surface area contributed by atoms with E-state index in [1.807, 2.05) is 19.9 Å². The van der Waals surface area contributed by atoms with Gasteiger partial charge in [-0.1, -0.05) is 11.6 Å². The summed E-state index contributed by atoms with van der Waals surface area (Å²) in [5, 5.41) is 3.49. The van der Waals surface area contributed by atoms with Crippen LogP contribution in [0.1, 0.15) is 16.8 Å². The number of halogens is 1. The summed E-state index contributed by atoms with van der Waals surface area (Å²) in [7, 11) is 3.21. The molecule has 0 bridgehead atoms. The molecule has 0 atom stereocenters. The summed E-state index contributed by atoms with van der Waals surface area (Å²) in [5.74, 6) is 1.70. The fraction of sp³-hybridized carbons (Fsp3) is 0.294. The molecule has 0 spiro atoms. The molecular weight excluding hydrogens is 328 g/mol. The van der Waals surface area contributed by atoms with Gasteiger partial charge in [-0.25, -0.2) is 4.99 Å². The van der Waals surface area contributed by atoms with Crippen molar-refractivity contribution in [2.45, 2.75) is 20.4 Å². The molecule has 0 aliphatic heterocycles. The second-order valence-corrected chi connectivity index (χ2v) is 5.63. The summed E-state index contributed by atoms with van der Waals surface area (Å²) in [6.07, 6.45) is 1.77. The molecule has 0 radical (unpaired) electrons. The molecule has 0 saturated carbocycles. The van der Waals surface area contributed by atoms with Gasteiger partial charge >= 0.3 is 0 Å². The summed E-state index contributed by atoms with van der Waals surface area (Å²) in [6.45, 7) is 4.26. The van der Waals surface area contributed by atoms with Crippen LogP contribution in [0.2, 0.25) is 5.02 Å². The van der Waals surface area contributed by atoms with Crippen molar-refractivity contribution in [3.8, 4) is 11.5 Å². The number of pyridine rings is 1. The van der Waals surface area contributed by atoms with Crippen LogP contribution < -0.4 is 20.5 Å². The molecule has 0 aliphatic rings. The largest absolute Gasteiger partial charge is 0.496 e. The second-order valence-electron chi connectivity index (χ2n) is 5.22. The molecule has 0 amide bonds. The zero-order valence-electron chi connectivity index (χ0n) is 14.2. The van der Waals surface area contributed by atoms with Gasteiger partial charge in [-0.05, 0) is 32.0 Å². The van der Waals surface area contributed by atoms with Crippen molar-refractivity contribution in [2.24, 2.45) is 10.7 Å². The highest BCUT2D eigenvalue weighted by atomic mass is 35.5. The standard InChI is InChI=1S/C17H21ClN4O2/c1-10-8-20-14(11(2)16(10)24-4)9-21-17(19)22-12-5-6-15(23-3)13(18)7-12/h5-8H,9H2,1-4H3,(H3,19,21,22). The minimum absolute atomic E-state index is 0.275. The van der Waals surface area contributed by atoms with Gasteiger partial charge in [-0.2, -0.15) is 0 Å². The van der Waals surface area contributed by atoms with Crippen LogP contribution in [0.3, 0.4) is 0 Å². The smallest absolute Gasteiger partial charge is 0.193 e. The number of hydrogen-bond acceptors (Lipinski definition) is 4. The minimum Gasteiger partial charge on any atom is -0.496 e. The molecule has 0 saturated heterocycles. The number of aromatic nitrogens is 1. The van der Waals surface area contributed by atoms with Crippen molar-refractivity contribution >= 4 is 23.2 Å². The quantitative estimate of drug-likeness (QED) is 0.640. The highest BCUT2D eigenvalue weighted by Crippen LogP contribution is 2.27. The lowest BCUT2D eigenvalue weighted by atomic mass is 10.1. The lowest BCUT2D eigenvalue weighted by Gasteiger charge is -2.11. The molecule has 1 heterocycles. The first-order valence-electron chi connectivity index (χ1n) is 7.35. The molecule has 0 fully saturated rings. The van der Waals surface area contributed by atoms with Gasteiger partial charge < -0.3 is 20.5 Å². The van der Waals surface area contributed by atoms with Crippen LogP contribution in [0, 0.1) is 13.8 Å². The Hall–Kier alpha value is -2.47. The summed E-state index contributed by atoms with van der Waals surface area (Å²) >= 11 is 6.09. The Morgan fingerprint density at radius 1 is 1.29 bits per heavy atom. The number of hydrogen-bond donors (Lipinski definition) is 2. The monoisotopic (exact) mass is 348 g/mol. The topological polar surface area (TPSA) is 81.8 Å². The fourth-order valence-electron chi connectivity index (χ4n) is 2.32. The zero-order valence-corrected chi connectivity index (χ0v) is 14.9. The van der Waals surface area contributed by atoms with Gasteiger partial charge in [0.1, 0.15) is 11.5 Å². The number of nitrogens with one attached hydrogen (secondary N) is 1. The third-order valence-corrected chi connectivity index (χ3v) is 3.87. The summed E-state index contributed by atoms with van der Waals surface area (Å²) in [5.41, 5.74) is 9.42. The molecule has 2 rings (SSSR count). The van der Waals surface area contributed by atoms with Gasteiger partial charge in [-0.15, -0.1) is 0 Å². The predicted molar refractivity (Wildman–Crippen MR) is 97.2 cm³/mol. The van der Waals surface area contributed by atoms with Crippen LogP contribution in [0.15, 0.2) is 29.4 Å². The molecule has 3 N–H and O–H groups in total. The second kappa shape index (κ2) is 7.88. The average molecular weight is 349 g/mol. The molecule has 6 nitrogen and oxygen atoms in total. The first-order chi connectivity index (χ1) is 11.5. The molecule has 0 aliphatic carbocycles. The Morgan fingerprint density at radius 3 is 2.67 bits per heavy atom. The van der Waals surface area contributed by atoms with Crippen molar-refractivity contribution in [3.05, 3.63) is 46.2 Å². The molecule has 7 heteroatoms. The average Bonchev–Trinajstić information content (AvgIpc) is 2.55. The first kappa shape index (κ1) is 17.9. The van der Waals surface area contributed by atoms with E-state index >= 15 is 0 Å². The molecule has 0 unspecified atom stereocenters. The van der Waals surface area contributed by atoms with E-state index < -0.39 is 0 Å². The molecule has 2 aromatic rings.